The van der Waals surface area contributed by atoms with Gasteiger partial charge in [0.1, 0.15) is 5.82 Å². The fraction of sp³-hybridized carbons (Fsp3) is 0.609. The predicted molar refractivity (Wildman–Crippen MR) is 110 cm³/mol. The maximum atomic E-state index is 14.3. The van der Waals surface area contributed by atoms with E-state index in [0.717, 1.165) is 13.0 Å². The molecule has 0 N–H and O–H groups in total. The Kier molecular flexibility index (Phi) is 7.45. The topological polar surface area (TPSA) is 66.9 Å². The maximum absolute atomic E-state index is 14.3. The quantitative estimate of drug-likeness (QED) is 0.609. The summed E-state index contributed by atoms with van der Waals surface area (Å²) in [6, 6.07) is 6.45. The molecule has 1 unspecified atom stereocenters. The van der Waals surface area contributed by atoms with Crippen molar-refractivity contribution >= 4 is 17.8 Å². The van der Waals surface area contributed by atoms with E-state index in [0.29, 0.717) is 50.8 Å². The molecule has 0 radical (unpaired) electrons. The molecule has 1 atom stereocenters. The number of benzene rings is 1. The first-order chi connectivity index (χ1) is 14.4. The van der Waals surface area contributed by atoms with Gasteiger partial charge in [0.2, 0.25) is 11.8 Å². The summed E-state index contributed by atoms with van der Waals surface area (Å²) in [6.07, 6.45) is 3.87. The van der Waals surface area contributed by atoms with Gasteiger partial charge in [-0.15, -0.1) is 0 Å². The monoisotopic (exact) mass is 418 g/mol. The Balaban J connectivity index is 1.66. The lowest BCUT2D eigenvalue weighted by molar-refractivity contribution is -0.161. The second kappa shape index (κ2) is 10.0. The molecular weight excluding hydrogens is 387 g/mol. The number of esters is 1. The molecule has 2 fully saturated rings. The minimum Gasteiger partial charge on any atom is -0.466 e. The summed E-state index contributed by atoms with van der Waals surface area (Å²) in [6.45, 7) is 4.18. The van der Waals surface area contributed by atoms with Crippen LogP contribution >= 0.6 is 0 Å². The van der Waals surface area contributed by atoms with Gasteiger partial charge in [0.15, 0.2) is 0 Å². The molecule has 0 aromatic heterocycles. The van der Waals surface area contributed by atoms with Crippen molar-refractivity contribution in [3.05, 3.63) is 35.6 Å². The lowest BCUT2D eigenvalue weighted by Crippen LogP contribution is -2.51. The van der Waals surface area contributed by atoms with Crippen LogP contribution in [0.1, 0.15) is 51.0 Å². The molecule has 30 heavy (non-hydrogen) atoms. The van der Waals surface area contributed by atoms with Crippen LogP contribution in [0.15, 0.2) is 24.3 Å². The van der Waals surface area contributed by atoms with E-state index in [2.05, 4.69) is 0 Å². The Morgan fingerprint density at radius 3 is 2.70 bits per heavy atom. The minimum atomic E-state index is -0.934. The summed E-state index contributed by atoms with van der Waals surface area (Å²) in [4.78, 5) is 41.0. The van der Waals surface area contributed by atoms with Crippen LogP contribution in [0, 0.1) is 11.2 Å². The zero-order valence-electron chi connectivity index (χ0n) is 17.7. The Morgan fingerprint density at radius 1 is 1.20 bits per heavy atom. The second-order valence-corrected chi connectivity index (χ2v) is 8.28. The van der Waals surface area contributed by atoms with E-state index >= 15 is 0 Å². The van der Waals surface area contributed by atoms with Crippen molar-refractivity contribution in [2.24, 2.45) is 5.41 Å². The van der Waals surface area contributed by atoms with Gasteiger partial charge in [-0.3, -0.25) is 14.4 Å². The molecule has 0 saturated carbocycles. The van der Waals surface area contributed by atoms with Crippen LogP contribution in [0.2, 0.25) is 0 Å². The van der Waals surface area contributed by atoms with E-state index in [1.165, 1.54) is 6.07 Å². The number of carbonyl (C=O) groups is 3. The zero-order chi connectivity index (χ0) is 21.6. The van der Waals surface area contributed by atoms with Crippen molar-refractivity contribution in [1.29, 1.82) is 0 Å². The number of likely N-dealkylation sites (tertiary alicyclic amines) is 2. The van der Waals surface area contributed by atoms with Gasteiger partial charge in [-0.1, -0.05) is 18.2 Å². The number of amides is 2. The summed E-state index contributed by atoms with van der Waals surface area (Å²) in [5.41, 5.74) is -0.468. The van der Waals surface area contributed by atoms with E-state index in [4.69, 9.17) is 4.74 Å². The van der Waals surface area contributed by atoms with Gasteiger partial charge in [0.25, 0.3) is 0 Å². The van der Waals surface area contributed by atoms with Gasteiger partial charge in [0, 0.05) is 39.0 Å². The number of ether oxygens (including phenoxy) is 1. The van der Waals surface area contributed by atoms with Crippen LogP contribution in [-0.4, -0.2) is 60.4 Å². The fourth-order valence-corrected chi connectivity index (χ4v) is 4.54. The number of piperidine rings is 1. The number of nitrogens with zero attached hydrogens (tertiary/aromatic N) is 2. The summed E-state index contributed by atoms with van der Waals surface area (Å²) in [5.74, 6) is -0.580. The lowest BCUT2D eigenvalue weighted by atomic mass is 9.74. The average molecular weight is 419 g/mol. The highest BCUT2D eigenvalue weighted by Crippen LogP contribution is 2.36. The van der Waals surface area contributed by atoms with Gasteiger partial charge in [0.05, 0.1) is 12.0 Å². The largest absolute Gasteiger partial charge is 0.466 e. The van der Waals surface area contributed by atoms with Gasteiger partial charge < -0.3 is 14.5 Å². The normalized spacial score (nSPS) is 21.7. The van der Waals surface area contributed by atoms with E-state index in [9.17, 15) is 18.8 Å². The zero-order valence-corrected chi connectivity index (χ0v) is 17.7. The SMILES string of the molecule is CCOC(=O)C1(Cc2ccccc2F)CCCN(C(=O)CCCN2CCCC2=O)C1. The molecule has 2 aliphatic heterocycles. The number of carbonyl (C=O) groups excluding carboxylic acids is 3. The van der Waals surface area contributed by atoms with E-state index in [-0.39, 0.29) is 43.2 Å². The molecule has 6 nitrogen and oxygen atoms in total. The molecule has 0 aliphatic carbocycles. The molecule has 7 heteroatoms. The number of hydrogen-bond donors (Lipinski definition) is 0. The van der Waals surface area contributed by atoms with Crippen LogP contribution in [-0.2, 0) is 25.5 Å². The number of rotatable bonds is 8. The van der Waals surface area contributed by atoms with Crippen LogP contribution in [0.5, 0.6) is 0 Å². The van der Waals surface area contributed by atoms with Gasteiger partial charge in [-0.05, 0) is 50.7 Å². The Morgan fingerprint density at radius 2 is 2.00 bits per heavy atom. The molecule has 0 bridgehead atoms. The Bertz CT molecular complexity index is 784. The number of hydrogen-bond acceptors (Lipinski definition) is 4. The predicted octanol–water partition coefficient (Wildman–Crippen LogP) is 2.94. The van der Waals surface area contributed by atoms with Gasteiger partial charge >= 0.3 is 5.97 Å². The van der Waals surface area contributed by atoms with Crippen molar-refractivity contribution < 1.29 is 23.5 Å². The first-order valence-electron chi connectivity index (χ1n) is 10.9. The molecule has 1 aromatic rings. The Hall–Kier alpha value is -2.44. The van der Waals surface area contributed by atoms with E-state index in [1.807, 2.05) is 4.90 Å². The van der Waals surface area contributed by atoms with Crippen molar-refractivity contribution in [2.45, 2.75) is 51.9 Å². The summed E-state index contributed by atoms with van der Waals surface area (Å²) in [5, 5.41) is 0. The maximum Gasteiger partial charge on any atom is 0.314 e. The van der Waals surface area contributed by atoms with Gasteiger partial charge in [-0.2, -0.15) is 0 Å². The standard InChI is InChI=1S/C23H31FN2O4/c1-2-30-22(29)23(16-18-8-3-4-9-19(18)24)12-7-15-26(17-23)21(28)11-6-14-25-13-5-10-20(25)27/h3-4,8-9H,2,5-7,10-17H2,1H3. The van der Waals surface area contributed by atoms with Crippen molar-refractivity contribution in [3.8, 4) is 0 Å². The lowest BCUT2D eigenvalue weighted by Gasteiger charge is -2.41. The Labute approximate surface area is 177 Å². The third-order valence-electron chi connectivity index (χ3n) is 6.11. The molecule has 2 aliphatic rings. The van der Waals surface area contributed by atoms with Crippen molar-refractivity contribution in [3.63, 3.8) is 0 Å². The average Bonchev–Trinajstić information content (AvgIpc) is 3.15. The summed E-state index contributed by atoms with van der Waals surface area (Å²) in [7, 11) is 0. The van der Waals surface area contributed by atoms with Crippen LogP contribution < -0.4 is 0 Å². The minimum absolute atomic E-state index is 0.0245. The highest BCUT2D eigenvalue weighted by Gasteiger charge is 2.45. The molecule has 2 amide bonds. The third kappa shape index (κ3) is 5.18. The fourth-order valence-electron chi connectivity index (χ4n) is 4.54. The van der Waals surface area contributed by atoms with E-state index < -0.39 is 5.41 Å². The highest BCUT2D eigenvalue weighted by molar-refractivity contribution is 5.81. The molecule has 0 spiro atoms. The van der Waals surface area contributed by atoms with Crippen molar-refractivity contribution in [2.75, 3.05) is 32.8 Å². The van der Waals surface area contributed by atoms with Crippen LogP contribution in [0.25, 0.3) is 0 Å². The highest BCUT2D eigenvalue weighted by atomic mass is 19.1. The molecule has 164 valence electrons. The molecule has 1 aromatic carbocycles. The number of halogens is 1. The molecule has 2 heterocycles. The van der Waals surface area contributed by atoms with Crippen LogP contribution in [0.4, 0.5) is 4.39 Å². The first kappa shape index (κ1) is 22.2. The summed E-state index contributed by atoms with van der Waals surface area (Å²) < 4.78 is 19.6. The van der Waals surface area contributed by atoms with Crippen molar-refractivity contribution in [1.82, 2.24) is 9.80 Å². The smallest absolute Gasteiger partial charge is 0.314 e. The molecule has 3 rings (SSSR count). The summed E-state index contributed by atoms with van der Waals surface area (Å²) >= 11 is 0. The van der Waals surface area contributed by atoms with Crippen LogP contribution in [0.3, 0.4) is 0 Å². The van der Waals surface area contributed by atoms with Gasteiger partial charge in [-0.25, -0.2) is 4.39 Å². The molecular formula is C23H31FN2O4. The first-order valence-corrected chi connectivity index (χ1v) is 10.9. The third-order valence-corrected chi connectivity index (χ3v) is 6.11. The molecule has 2 saturated heterocycles. The van der Waals surface area contributed by atoms with E-state index in [1.54, 1.807) is 30.0 Å². The second-order valence-electron chi connectivity index (χ2n) is 8.28.